The Kier molecular flexibility index (Phi) is 7.37. The van der Waals surface area contributed by atoms with Gasteiger partial charge in [0.2, 0.25) is 0 Å². The van der Waals surface area contributed by atoms with Crippen molar-refractivity contribution in [3.8, 4) is 5.75 Å². The summed E-state index contributed by atoms with van der Waals surface area (Å²) in [5.74, 6) is 1.98. The molecule has 1 aliphatic carbocycles. The van der Waals surface area contributed by atoms with Gasteiger partial charge in [-0.2, -0.15) is 0 Å². The minimum Gasteiger partial charge on any atom is -0.505 e. The lowest BCUT2D eigenvalue weighted by Gasteiger charge is -2.46. The minimum absolute atomic E-state index is 0.156. The number of nitrogens with two attached hydrogens (primary N) is 1. The van der Waals surface area contributed by atoms with Gasteiger partial charge in [-0.1, -0.05) is 26.8 Å². The Morgan fingerprint density at radius 2 is 1.88 bits per heavy atom. The number of rotatable bonds is 8. The van der Waals surface area contributed by atoms with Gasteiger partial charge in [0.25, 0.3) is 0 Å². The number of hydrogen-bond acceptors (Lipinski definition) is 10. The summed E-state index contributed by atoms with van der Waals surface area (Å²) in [5.41, 5.74) is 9.06. The molecule has 3 aromatic heterocycles. The fourth-order valence-electron chi connectivity index (χ4n) is 6.54. The third-order valence-corrected chi connectivity index (χ3v) is 9.01. The number of ether oxygens (including phenoxy) is 1. The molecule has 4 heterocycles. The molecule has 12 nitrogen and oxygen atoms in total. The number of phenols is 1. The van der Waals surface area contributed by atoms with Gasteiger partial charge in [-0.05, 0) is 50.5 Å². The van der Waals surface area contributed by atoms with Gasteiger partial charge in [-0.15, -0.1) is 0 Å². The second-order valence-corrected chi connectivity index (χ2v) is 13.2. The first-order chi connectivity index (χ1) is 19.9. The summed E-state index contributed by atoms with van der Waals surface area (Å²) in [6.07, 6.45) is 3.23. The number of nitrogen functional groups attached to an aromatic ring is 1. The van der Waals surface area contributed by atoms with Crippen molar-refractivity contribution in [2.24, 2.45) is 5.92 Å². The van der Waals surface area contributed by atoms with E-state index in [2.05, 4.69) is 59.5 Å². The lowest BCUT2D eigenvalue weighted by Crippen LogP contribution is -2.52. The van der Waals surface area contributed by atoms with E-state index in [4.69, 9.17) is 15.5 Å². The molecule has 0 radical (unpaired) electrons. The summed E-state index contributed by atoms with van der Waals surface area (Å²) in [6, 6.07) is 4.61. The van der Waals surface area contributed by atoms with E-state index < -0.39 is 24.5 Å². The van der Waals surface area contributed by atoms with Gasteiger partial charge in [0.1, 0.15) is 47.2 Å². The minimum atomic E-state index is -1.13. The zero-order valence-corrected chi connectivity index (χ0v) is 24.9. The van der Waals surface area contributed by atoms with Gasteiger partial charge < -0.3 is 30.8 Å². The largest absolute Gasteiger partial charge is 0.505 e. The molecule has 2 aliphatic rings. The summed E-state index contributed by atoms with van der Waals surface area (Å²) < 4.78 is 7.84. The first-order valence-corrected chi connectivity index (χ1v) is 14.8. The summed E-state index contributed by atoms with van der Waals surface area (Å²) >= 11 is 0. The van der Waals surface area contributed by atoms with Crippen LogP contribution in [0.25, 0.3) is 22.2 Å². The second kappa shape index (κ2) is 10.7. The molecule has 0 amide bonds. The van der Waals surface area contributed by atoms with Crippen LogP contribution in [0.15, 0.2) is 24.8 Å². The third-order valence-electron chi connectivity index (χ3n) is 9.01. The van der Waals surface area contributed by atoms with Crippen LogP contribution in [0, 0.1) is 5.92 Å². The predicted octanol–water partition coefficient (Wildman–Crippen LogP) is 3.03. The van der Waals surface area contributed by atoms with Gasteiger partial charge in [0, 0.05) is 30.6 Å². The molecular weight excluding hydrogens is 536 g/mol. The Hall–Kier alpha value is -3.32. The van der Waals surface area contributed by atoms with E-state index in [1.54, 1.807) is 4.57 Å². The van der Waals surface area contributed by atoms with Crippen molar-refractivity contribution in [2.45, 2.75) is 102 Å². The number of aliphatic hydroxyl groups is 2. The van der Waals surface area contributed by atoms with Crippen LogP contribution in [-0.4, -0.2) is 86.6 Å². The van der Waals surface area contributed by atoms with Crippen LogP contribution in [0.3, 0.4) is 0 Å². The maximum absolute atomic E-state index is 10.9. The number of imidazole rings is 2. The van der Waals surface area contributed by atoms with Crippen LogP contribution in [0.2, 0.25) is 0 Å². The number of hydrogen-bond donors (Lipinski definition) is 5. The molecule has 0 bridgehead atoms. The van der Waals surface area contributed by atoms with Gasteiger partial charge in [0.15, 0.2) is 17.7 Å². The highest BCUT2D eigenvalue weighted by Gasteiger charge is 2.46. The van der Waals surface area contributed by atoms with Crippen LogP contribution in [0.4, 0.5) is 5.82 Å². The van der Waals surface area contributed by atoms with Crippen LogP contribution >= 0.6 is 0 Å². The lowest BCUT2D eigenvalue weighted by molar-refractivity contribution is -0.0620. The highest BCUT2D eigenvalue weighted by atomic mass is 16.6. The number of nitrogens with one attached hydrogen (secondary N) is 1. The smallest absolute Gasteiger partial charge is 0.167 e. The Balaban J connectivity index is 1.07. The van der Waals surface area contributed by atoms with Crippen LogP contribution in [-0.2, 0) is 16.6 Å². The molecule has 1 saturated heterocycles. The number of aryl methyl sites for hydroxylation is 1. The number of aromatic amines is 1. The Labute approximate surface area is 245 Å². The molecule has 6 rings (SSSR count). The van der Waals surface area contributed by atoms with Gasteiger partial charge in [-0.25, -0.2) is 19.9 Å². The maximum atomic E-state index is 10.9. The number of H-pyrrole nitrogens is 1. The number of aliphatic hydroxyl groups excluding tert-OH is 2. The molecule has 1 aromatic carbocycles. The number of benzene rings is 1. The predicted molar refractivity (Wildman–Crippen MR) is 159 cm³/mol. The highest BCUT2D eigenvalue weighted by Crippen LogP contribution is 2.39. The topological polar surface area (TPSA) is 171 Å². The second-order valence-electron chi connectivity index (χ2n) is 13.2. The van der Waals surface area contributed by atoms with E-state index in [0.29, 0.717) is 35.2 Å². The number of phenolic OH excluding ortho intramolecular Hbond substituents is 1. The highest BCUT2D eigenvalue weighted by molar-refractivity contribution is 5.83. The molecule has 226 valence electrons. The normalized spacial score (nSPS) is 26.6. The summed E-state index contributed by atoms with van der Waals surface area (Å²) in [7, 11) is 0. The van der Waals surface area contributed by atoms with Crippen LogP contribution in [0.1, 0.15) is 71.5 Å². The molecule has 0 spiro atoms. The average molecular weight is 579 g/mol. The molecule has 42 heavy (non-hydrogen) atoms. The number of anilines is 1. The van der Waals surface area contributed by atoms with E-state index in [-0.39, 0.29) is 23.0 Å². The van der Waals surface area contributed by atoms with Gasteiger partial charge in [0.05, 0.1) is 11.8 Å². The summed E-state index contributed by atoms with van der Waals surface area (Å²) in [5, 5.41) is 32.6. The first-order valence-electron chi connectivity index (χ1n) is 14.8. The number of aromatic hydroxyl groups is 1. The van der Waals surface area contributed by atoms with Crippen molar-refractivity contribution in [1.29, 1.82) is 0 Å². The average Bonchev–Trinajstić information content (AvgIpc) is 3.59. The molecule has 1 saturated carbocycles. The number of aromatic nitrogens is 6. The zero-order chi connectivity index (χ0) is 29.9. The van der Waals surface area contributed by atoms with E-state index in [9.17, 15) is 15.3 Å². The summed E-state index contributed by atoms with van der Waals surface area (Å²) in [6.45, 7) is 11.1. The fraction of sp³-hybridized carbons (Fsp3) is 0.600. The molecule has 2 fully saturated rings. The molecule has 4 atom stereocenters. The Bertz CT molecular complexity index is 1570. The number of nitrogens with zero attached hydrogens (tertiary/aromatic N) is 6. The maximum Gasteiger partial charge on any atom is 0.167 e. The van der Waals surface area contributed by atoms with E-state index >= 15 is 0 Å². The number of fused-ring (bicyclic) bond motifs is 2. The van der Waals surface area contributed by atoms with Gasteiger partial charge in [-0.3, -0.25) is 9.47 Å². The molecule has 6 N–H and O–H groups in total. The Morgan fingerprint density at radius 3 is 2.60 bits per heavy atom. The quantitative estimate of drug-likeness (QED) is 0.209. The molecule has 1 aliphatic heterocycles. The molecule has 4 aromatic rings. The van der Waals surface area contributed by atoms with Crippen molar-refractivity contribution in [1.82, 2.24) is 34.4 Å². The molecule has 12 heteroatoms. The monoisotopic (exact) mass is 578 g/mol. The first kappa shape index (κ1) is 28.8. The Morgan fingerprint density at radius 1 is 1.12 bits per heavy atom. The fourth-order valence-corrected chi connectivity index (χ4v) is 6.54. The van der Waals surface area contributed by atoms with E-state index in [0.717, 1.165) is 42.6 Å². The van der Waals surface area contributed by atoms with E-state index in [1.165, 1.54) is 12.7 Å². The van der Waals surface area contributed by atoms with Crippen molar-refractivity contribution in [3.63, 3.8) is 0 Å². The zero-order valence-electron chi connectivity index (χ0n) is 24.9. The standard InChI is InChI=1S/C30H42N8O4/c1-15(2)37(12-20-25(40)26(41)29(42-20)38-14-34-23-27(31)32-13-33-28(23)38)17-10-16(11-17)6-9-21-35-19-8-7-18(30(3,4)5)24(39)22(19)36-21/h7-8,13-17,20,25-26,29,39-41H,6,9-12H2,1-5H3,(H,35,36)(H2,31,32,33)/t16?,17?,20-,25-,26-,29-/m1/s1. The van der Waals surface area contributed by atoms with Gasteiger partial charge >= 0.3 is 0 Å². The van der Waals surface area contributed by atoms with Crippen LogP contribution in [0.5, 0.6) is 5.75 Å². The van der Waals surface area contributed by atoms with Crippen LogP contribution < -0.4 is 5.73 Å². The van der Waals surface area contributed by atoms with E-state index in [1.807, 2.05) is 12.1 Å². The van der Waals surface area contributed by atoms with Crippen molar-refractivity contribution in [2.75, 3.05) is 12.3 Å². The van der Waals surface area contributed by atoms with Crippen molar-refractivity contribution < 1.29 is 20.1 Å². The van der Waals surface area contributed by atoms with Crippen molar-refractivity contribution in [3.05, 3.63) is 36.2 Å². The molecular formula is C30H42N8O4. The van der Waals surface area contributed by atoms with Crippen molar-refractivity contribution >= 4 is 28.0 Å². The SMILES string of the molecule is CC(C)N(C[C@H]1O[C@@H](n2cnc3c(N)ncnc32)[C@H](O)[C@@H]1O)C1CC(CCc2nc3c(O)c(C(C)(C)C)ccc3[nH]2)C1. The molecule has 0 unspecified atom stereocenters. The third kappa shape index (κ3) is 5.10. The lowest BCUT2D eigenvalue weighted by atomic mass is 9.76. The summed E-state index contributed by atoms with van der Waals surface area (Å²) in [4.78, 5) is 23.0.